The minimum Gasteiger partial charge on any atom is -0.465 e. The molecule has 0 fully saturated rings. The van der Waals surface area contributed by atoms with Crippen molar-refractivity contribution in [3.63, 3.8) is 0 Å². The van der Waals surface area contributed by atoms with Crippen molar-refractivity contribution in [1.82, 2.24) is 0 Å². The summed E-state index contributed by atoms with van der Waals surface area (Å²) in [6.45, 7) is 6.04. The molecule has 30 heavy (non-hydrogen) atoms. The maximum absolute atomic E-state index is 12.6. The largest absolute Gasteiger partial charge is 0.465 e. The van der Waals surface area contributed by atoms with Crippen LogP contribution in [0.5, 0.6) is 0 Å². The highest BCUT2D eigenvalue weighted by molar-refractivity contribution is 7.17. The standard InChI is InChI=1S/C25H27NO3S/c1-16-8-12-19(13-9-16)6-5-7-21(27)26-24-23(25(28)29-4)22(18(3)30-24)20-14-10-17(2)11-15-20/h8-15H,5-7H2,1-4H3,(H,26,27). The van der Waals surface area contributed by atoms with E-state index in [4.69, 9.17) is 4.74 Å². The van der Waals surface area contributed by atoms with Crippen molar-refractivity contribution in [2.75, 3.05) is 12.4 Å². The summed E-state index contributed by atoms with van der Waals surface area (Å²) in [5.41, 5.74) is 5.78. The van der Waals surface area contributed by atoms with Crippen molar-refractivity contribution in [1.29, 1.82) is 0 Å². The van der Waals surface area contributed by atoms with Crippen molar-refractivity contribution in [3.8, 4) is 11.1 Å². The summed E-state index contributed by atoms with van der Waals surface area (Å²) in [6, 6.07) is 16.4. The topological polar surface area (TPSA) is 55.4 Å². The highest BCUT2D eigenvalue weighted by Gasteiger charge is 2.25. The number of ether oxygens (including phenoxy) is 1. The molecule has 0 saturated carbocycles. The Morgan fingerprint density at radius 1 is 0.933 bits per heavy atom. The Labute approximate surface area is 181 Å². The van der Waals surface area contributed by atoms with Crippen LogP contribution in [0.2, 0.25) is 0 Å². The first-order valence-electron chi connectivity index (χ1n) is 10.0. The second-order valence-electron chi connectivity index (χ2n) is 7.48. The number of methoxy groups -OCH3 is 1. The number of carbonyl (C=O) groups excluding carboxylic acids is 2. The van der Waals surface area contributed by atoms with Gasteiger partial charge in [-0.05, 0) is 44.7 Å². The van der Waals surface area contributed by atoms with Crippen LogP contribution < -0.4 is 5.32 Å². The molecule has 0 bridgehead atoms. The van der Waals surface area contributed by atoms with E-state index in [9.17, 15) is 9.59 Å². The normalized spacial score (nSPS) is 10.7. The molecule has 156 valence electrons. The zero-order chi connectivity index (χ0) is 21.7. The van der Waals surface area contributed by atoms with E-state index in [0.717, 1.165) is 34.4 Å². The summed E-state index contributed by atoms with van der Waals surface area (Å²) in [7, 11) is 1.36. The molecular formula is C25H27NO3S. The number of anilines is 1. The number of aryl methyl sites for hydroxylation is 4. The Balaban J connectivity index is 1.75. The van der Waals surface area contributed by atoms with Gasteiger partial charge in [-0.2, -0.15) is 0 Å². The predicted octanol–water partition coefficient (Wildman–Crippen LogP) is 6.09. The second-order valence-corrected chi connectivity index (χ2v) is 8.71. The summed E-state index contributed by atoms with van der Waals surface area (Å²) >= 11 is 1.41. The summed E-state index contributed by atoms with van der Waals surface area (Å²) in [5, 5.41) is 3.49. The monoisotopic (exact) mass is 421 g/mol. The molecule has 0 unspecified atom stereocenters. The third kappa shape index (κ3) is 5.16. The molecule has 3 aromatic rings. The van der Waals surface area contributed by atoms with Gasteiger partial charge in [0.25, 0.3) is 0 Å². The molecule has 5 heteroatoms. The molecule has 0 aliphatic rings. The van der Waals surface area contributed by atoms with Crippen LogP contribution in [0, 0.1) is 20.8 Å². The zero-order valence-electron chi connectivity index (χ0n) is 17.9. The number of amides is 1. The quantitative estimate of drug-likeness (QED) is 0.470. The Bertz CT molecular complexity index is 1030. The third-order valence-corrected chi connectivity index (χ3v) is 6.08. The maximum atomic E-state index is 12.6. The van der Waals surface area contributed by atoms with E-state index in [2.05, 4.69) is 36.5 Å². The Morgan fingerprint density at radius 2 is 1.53 bits per heavy atom. The van der Waals surface area contributed by atoms with Gasteiger partial charge in [0.15, 0.2) is 0 Å². The summed E-state index contributed by atoms with van der Waals surface area (Å²) < 4.78 is 5.02. The Hall–Kier alpha value is -2.92. The number of esters is 1. The second kappa shape index (κ2) is 9.72. The van der Waals surface area contributed by atoms with Gasteiger partial charge in [0.1, 0.15) is 10.6 Å². The third-order valence-electron chi connectivity index (χ3n) is 5.06. The van der Waals surface area contributed by atoms with E-state index in [0.29, 0.717) is 17.0 Å². The lowest BCUT2D eigenvalue weighted by atomic mass is 10.0. The summed E-state index contributed by atoms with van der Waals surface area (Å²) in [6.07, 6.45) is 1.98. The molecule has 3 rings (SSSR count). The SMILES string of the molecule is COC(=O)c1c(NC(=O)CCCc2ccc(C)cc2)sc(C)c1-c1ccc(C)cc1. The molecule has 0 aliphatic carbocycles. The first kappa shape index (κ1) is 21.8. The number of carbonyl (C=O) groups is 2. The van der Waals surface area contributed by atoms with Crippen LogP contribution in [-0.4, -0.2) is 19.0 Å². The van der Waals surface area contributed by atoms with Gasteiger partial charge in [0.2, 0.25) is 5.91 Å². The van der Waals surface area contributed by atoms with Crippen molar-refractivity contribution in [3.05, 3.63) is 75.7 Å². The first-order chi connectivity index (χ1) is 14.4. The average Bonchev–Trinajstić information content (AvgIpc) is 3.05. The number of thiophene rings is 1. The van der Waals surface area contributed by atoms with Gasteiger partial charge in [-0.1, -0.05) is 59.7 Å². The minimum atomic E-state index is -0.440. The van der Waals surface area contributed by atoms with Crippen LogP contribution in [0.1, 0.15) is 44.8 Å². The molecule has 4 nitrogen and oxygen atoms in total. The number of benzene rings is 2. The first-order valence-corrected chi connectivity index (χ1v) is 10.8. The molecule has 2 aromatic carbocycles. The molecular weight excluding hydrogens is 394 g/mol. The van der Waals surface area contributed by atoms with Gasteiger partial charge in [-0.3, -0.25) is 4.79 Å². The van der Waals surface area contributed by atoms with E-state index in [1.165, 1.54) is 29.6 Å². The fourth-order valence-electron chi connectivity index (χ4n) is 3.39. The van der Waals surface area contributed by atoms with Crippen LogP contribution in [0.25, 0.3) is 11.1 Å². The molecule has 0 spiro atoms. The summed E-state index contributed by atoms with van der Waals surface area (Å²) in [5.74, 6) is -0.533. The fourth-order valence-corrected chi connectivity index (χ4v) is 4.47. The highest BCUT2D eigenvalue weighted by Crippen LogP contribution is 2.40. The van der Waals surface area contributed by atoms with Crippen molar-refractivity contribution in [2.45, 2.75) is 40.0 Å². The lowest BCUT2D eigenvalue weighted by Crippen LogP contribution is -2.14. The van der Waals surface area contributed by atoms with Crippen LogP contribution in [-0.2, 0) is 16.0 Å². The van der Waals surface area contributed by atoms with Crippen LogP contribution in [0.3, 0.4) is 0 Å². The molecule has 0 atom stereocenters. The van der Waals surface area contributed by atoms with E-state index >= 15 is 0 Å². The van der Waals surface area contributed by atoms with Gasteiger partial charge < -0.3 is 10.1 Å². The van der Waals surface area contributed by atoms with E-state index < -0.39 is 5.97 Å². The highest BCUT2D eigenvalue weighted by atomic mass is 32.1. The zero-order valence-corrected chi connectivity index (χ0v) is 18.7. The van der Waals surface area contributed by atoms with Crippen molar-refractivity contribution >= 4 is 28.2 Å². The number of nitrogens with one attached hydrogen (secondary N) is 1. The van der Waals surface area contributed by atoms with Gasteiger partial charge in [0.05, 0.1) is 7.11 Å². The van der Waals surface area contributed by atoms with E-state index in [1.807, 2.05) is 38.1 Å². The van der Waals surface area contributed by atoms with Gasteiger partial charge in [-0.25, -0.2) is 4.79 Å². The van der Waals surface area contributed by atoms with Crippen LogP contribution >= 0.6 is 11.3 Å². The molecule has 0 radical (unpaired) electrons. The number of hydrogen-bond acceptors (Lipinski definition) is 4. The molecule has 1 heterocycles. The lowest BCUT2D eigenvalue weighted by molar-refractivity contribution is -0.116. The summed E-state index contributed by atoms with van der Waals surface area (Å²) in [4.78, 5) is 26.1. The molecule has 0 saturated heterocycles. The molecule has 1 aromatic heterocycles. The predicted molar refractivity (Wildman–Crippen MR) is 123 cm³/mol. The van der Waals surface area contributed by atoms with Crippen LogP contribution in [0.4, 0.5) is 5.00 Å². The van der Waals surface area contributed by atoms with Gasteiger partial charge in [0, 0.05) is 16.9 Å². The minimum absolute atomic E-state index is 0.0935. The number of rotatable bonds is 7. The van der Waals surface area contributed by atoms with Crippen molar-refractivity contribution < 1.29 is 14.3 Å². The fraction of sp³-hybridized carbons (Fsp3) is 0.280. The van der Waals surface area contributed by atoms with Crippen molar-refractivity contribution in [2.24, 2.45) is 0 Å². The van der Waals surface area contributed by atoms with E-state index in [1.54, 1.807) is 0 Å². The Kier molecular flexibility index (Phi) is 7.06. The maximum Gasteiger partial charge on any atom is 0.341 e. The molecule has 1 amide bonds. The van der Waals surface area contributed by atoms with Crippen LogP contribution in [0.15, 0.2) is 48.5 Å². The lowest BCUT2D eigenvalue weighted by Gasteiger charge is -2.09. The Morgan fingerprint density at radius 3 is 2.13 bits per heavy atom. The molecule has 1 N–H and O–H groups in total. The average molecular weight is 422 g/mol. The van der Waals surface area contributed by atoms with Gasteiger partial charge >= 0.3 is 5.97 Å². The van der Waals surface area contributed by atoms with Gasteiger partial charge in [-0.15, -0.1) is 11.3 Å². The molecule has 0 aliphatic heterocycles. The van der Waals surface area contributed by atoms with E-state index in [-0.39, 0.29) is 5.91 Å². The number of hydrogen-bond donors (Lipinski definition) is 1. The smallest absolute Gasteiger partial charge is 0.341 e.